The van der Waals surface area contributed by atoms with Gasteiger partial charge < -0.3 is 10.3 Å². The Labute approximate surface area is 170 Å². The number of unbranched alkanes of at least 4 members (excludes halogenated alkanes) is 2. The van der Waals surface area contributed by atoms with Crippen LogP contribution in [0.25, 0.3) is 11.1 Å². The predicted octanol–water partition coefficient (Wildman–Crippen LogP) is 6.18. The maximum absolute atomic E-state index is 12.5. The summed E-state index contributed by atoms with van der Waals surface area (Å²) in [6.07, 6.45) is 11.2. The van der Waals surface area contributed by atoms with E-state index in [9.17, 15) is 4.79 Å². The van der Waals surface area contributed by atoms with E-state index in [1.807, 2.05) is 0 Å². The van der Waals surface area contributed by atoms with E-state index < -0.39 is 0 Å². The third kappa shape index (κ3) is 4.51. The van der Waals surface area contributed by atoms with Gasteiger partial charge in [0.25, 0.3) is 5.91 Å². The molecule has 1 aliphatic rings. The molecule has 1 heterocycles. The molecular weight excluding hydrogens is 344 g/mol. The van der Waals surface area contributed by atoms with Crippen molar-refractivity contribution in [3.63, 3.8) is 0 Å². The molecule has 152 valence electrons. The maximum atomic E-state index is 12.5. The lowest BCUT2D eigenvalue weighted by Gasteiger charge is -2.24. The van der Waals surface area contributed by atoms with Crippen LogP contribution in [0.15, 0.2) is 24.3 Å². The average molecular weight is 381 g/mol. The first-order valence-corrected chi connectivity index (χ1v) is 11.1. The first-order chi connectivity index (χ1) is 13.5. The number of carbonyl (C=O) groups excluding carboxylic acids is 1. The van der Waals surface area contributed by atoms with E-state index in [0.717, 1.165) is 47.7 Å². The molecule has 1 amide bonds. The van der Waals surface area contributed by atoms with Crippen LogP contribution in [0.2, 0.25) is 0 Å². The molecule has 1 aromatic carbocycles. The number of benzene rings is 1. The second-order valence-corrected chi connectivity index (χ2v) is 8.58. The molecule has 0 unspecified atom stereocenters. The molecule has 0 radical (unpaired) electrons. The van der Waals surface area contributed by atoms with Gasteiger partial charge in [-0.3, -0.25) is 4.79 Å². The van der Waals surface area contributed by atoms with Crippen LogP contribution >= 0.6 is 0 Å². The Hall–Kier alpha value is -2.03. The van der Waals surface area contributed by atoms with Gasteiger partial charge in [0, 0.05) is 23.5 Å². The van der Waals surface area contributed by atoms with Crippen LogP contribution in [-0.2, 0) is 13.0 Å². The van der Waals surface area contributed by atoms with Crippen molar-refractivity contribution in [1.29, 1.82) is 0 Å². The Balaban J connectivity index is 2.09. The molecule has 0 saturated heterocycles. The fraction of sp³-hybridized carbons (Fsp3) is 0.560. The summed E-state index contributed by atoms with van der Waals surface area (Å²) in [6.45, 7) is 7.45. The van der Waals surface area contributed by atoms with E-state index in [4.69, 9.17) is 5.73 Å². The van der Waals surface area contributed by atoms with Gasteiger partial charge in [-0.05, 0) is 51.0 Å². The fourth-order valence-electron chi connectivity index (χ4n) is 4.81. The lowest BCUT2D eigenvalue weighted by Crippen LogP contribution is -2.18. The van der Waals surface area contributed by atoms with Crippen LogP contribution in [0.5, 0.6) is 0 Å². The minimum atomic E-state index is -0.299. The van der Waals surface area contributed by atoms with Gasteiger partial charge in [0.05, 0.1) is 5.56 Å². The monoisotopic (exact) mass is 380 g/mol. The van der Waals surface area contributed by atoms with Crippen molar-refractivity contribution in [3.8, 4) is 11.1 Å². The summed E-state index contributed by atoms with van der Waals surface area (Å²) >= 11 is 0. The predicted molar refractivity (Wildman–Crippen MR) is 118 cm³/mol. The summed E-state index contributed by atoms with van der Waals surface area (Å²) in [7, 11) is 0. The van der Waals surface area contributed by atoms with Crippen molar-refractivity contribution in [2.45, 2.75) is 85.1 Å². The highest BCUT2D eigenvalue weighted by Gasteiger charge is 2.26. The summed E-state index contributed by atoms with van der Waals surface area (Å²) in [4.78, 5) is 12.5. The van der Waals surface area contributed by atoms with Gasteiger partial charge in [-0.1, -0.05) is 68.9 Å². The van der Waals surface area contributed by atoms with E-state index in [0.29, 0.717) is 0 Å². The largest absolute Gasteiger partial charge is 0.366 e. The third-order valence-electron chi connectivity index (χ3n) is 6.40. The number of hydrogen-bond acceptors (Lipinski definition) is 1. The van der Waals surface area contributed by atoms with Gasteiger partial charge in [0.15, 0.2) is 0 Å². The third-order valence-corrected chi connectivity index (χ3v) is 6.40. The lowest BCUT2D eigenvalue weighted by atomic mass is 9.89. The Morgan fingerprint density at radius 1 is 1.07 bits per heavy atom. The topological polar surface area (TPSA) is 48.0 Å². The van der Waals surface area contributed by atoms with Crippen LogP contribution < -0.4 is 5.73 Å². The number of aromatic nitrogens is 1. The second kappa shape index (κ2) is 9.45. The molecule has 1 aromatic heterocycles. The van der Waals surface area contributed by atoms with Crippen molar-refractivity contribution >= 4 is 5.91 Å². The average Bonchev–Trinajstić information content (AvgIpc) is 2.96. The summed E-state index contributed by atoms with van der Waals surface area (Å²) in [5.74, 6) is 0.420. The number of rotatable bonds is 8. The summed E-state index contributed by atoms with van der Waals surface area (Å²) < 4.78 is 2.45. The highest BCUT2D eigenvalue weighted by molar-refractivity contribution is 6.02. The molecule has 2 aromatic rings. The molecule has 1 aliphatic carbocycles. The van der Waals surface area contributed by atoms with Crippen LogP contribution in [-0.4, -0.2) is 10.5 Å². The van der Waals surface area contributed by atoms with Crippen molar-refractivity contribution in [2.75, 3.05) is 0 Å². The highest BCUT2D eigenvalue weighted by Crippen LogP contribution is 2.36. The van der Waals surface area contributed by atoms with Crippen molar-refractivity contribution in [1.82, 2.24) is 4.57 Å². The first kappa shape index (κ1) is 20.7. The van der Waals surface area contributed by atoms with E-state index in [-0.39, 0.29) is 5.91 Å². The number of nitrogens with two attached hydrogens (primary N) is 1. The Morgan fingerprint density at radius 3 is 2.36 bits per heavy atom. The number of hydrogen-bond donors (Lipinski definition) is 1. The molecule has 0 aliphatic heterocycles. The van der Waals surface area contributed by atoms with E-state index in [2.05, 4.69) is 49.6 Å². The molecule has 3 nitrogen and oxygen atoms in total. The molecule has 1 fully saturated rings. The Morgan fingerprint density at radius 2 is 1.75 bits per heavy atom. The molecule has 0 spiro atoms. The number of nitrogens with zero attached hydrogens (tertiary/aromatic N) is 1. The van der Waals surface area contributed by atoms with E-state index in [1.165, 1.54) is 56.2 Å². The normalized spacial score (nSPS) is 15.1. The molecular formula is C25H36N2O. The quantitative estimate of drug-likeness (QED) is 0.546. The number of primary amides is 1. The Kier molecular flexibility index (Phi) is 6.98. The zero-order chi connectivity index (χ0) is 20.1. The molecule has 28 heavy (non-hydrogen) atoms. The molecule has 3 heteroatoms. The highest BCUT2D eigenvalue weighted by atomic mass is 16.1. The number of carbonyl (C=O) groups is 1. The standard InChI is InChI=1S/C25H36N2O/c1-4-5-7-12-22-24(21-15-13-18(2)14-16-21)23(25(26)28)19(3)27(22)17-20-10-8-6-9-11-20/h13-16,20H,4-12,17H2,1-3H3,(H2,26,28). The van der Waals surface area contributed by atoms with E-state index in [1.54, 1.807) is 0 Å². The van der Waals surface area contributed by atoms with Crippen molar-refractivity contribution in [2.24, 2.45) is 11.7 Å². The summed E-state index contributed by atoms with van der Waals surface area (Å²) in [5.41, 5.74) is 12.4. The van der Waals surface area contributed by atoms with Gasteiger partial charge in [-0.25, -0.2) is 0 Å². The van der Waals surface area contributed by atoms with Crippen LogP contribution in [0.3, 0.4) is 0 Å². The van der Waals surface area contributed by atoms with Gasteiger partial charge in [-0.2, -0.15) is 0 Å². The minimum Gasteiger partial charge on any atom is -0.366 e. The SMILES string of the molecule is CCCCCc1c(-c2ccc(C)cc2)c(C(N)=O)c(C)n1CC1CCCCC1. The summed E-state index contributed by atoms with van der Waals surface area (Å²) in [6, 6.07) is 8.54. The van der Waals surface area contributed by atoms with Gasteiger partial charge >= 0.3 is 0 Å². The smallest absolute Gasteiger partial charge is 0.251 e. The van der Waals surface area contributed by atoms with Crippen molar-refractivity contribution in [3.05, 3.63) is 46.8 Å². The van der Waals surface area contributed by atoms with Gasteiger partial charge in [0.2, 0.25) is 0 Å². The molecule has 2 N–H and O–H groups in total. The molecule has 3 rings (SSSR count). The second-order valence-electron chi connectivity index (χ2n) is 8.58. The Bertz CT molecular complexity index is 795. The zero-order valence-corrected chi connectivity index (χ0v) is 17.9. The van der Waals surface area contributed by atoms with Crippen LogP contribution in [0, 0.1) is 19.8 Å². The van der Waals surface area contributed by atoms with Crippen LogP contribution in [0.4, 0.5) is 0 Å². The maximum Gasteiger partial charge on any atom is 0.251 e. The zero-order valence-electron chi connectivity index (χ0n) is 17.9. The molecule has 0 bridgehead atoms. The number of amides is 1. The van der Waals surface area contributed by atoms with Gasteiger partial charge in [0.1, 0.15) is 0 Å². The number of aryl methyl sites for hydroxylation is 1. The molecule has 1 saturated carbocycles. The van der Waals surface area contributed by atoms with E-state index >= 15 is 0 Å². The fourth-order valence-corrected chi connectivity index (χ4v) is 4.81. The lowest BCUT2D eigenvalue weighted by molar-refractivity contribution is 0.1000. The summed E-state index contributed by atoms with van der Waals surface area (Å²) in [5, 5.41) is 0. The van der Waals surface area contributed by atoms with Crippen molar-refractivity contribution < 1.29 is 4.79 Å². The molecule has 0 atom stereocenters. The van der Waals surface area contributed by atoms with Crippen LogP contribution in [0.1, 0.15) is 85.6 Å². The minimum absolute atomic E-state index is 0.299. The first-order valence-electron chi connectivity index (χ1n) is 11.1. The van der Waals surface area contributed by atoms with Gasteiger partial charge in [-0.15, -0.1) is 0 Å².